The Bertz CT molecular complexity index is 398. The third kappa shape index (κ3) is 4.26. The van der Waals surface area contributed by atoms with Crippen molar-refractivity contribution >= 4 is 23.8 Å². The zero-order valence-electron chi connectivity index (χ0n) is 12.6. The quantitative estimate of drug-likeness (QED) is 0.777. The smallest absolute Gasteiger partial charge is 0.329 e. The summed E-state index contributed by atoms with van der Waals surface area (Å²) in [6, 6.07) is 0.203. The van der Waals surface area contributed by atoms with Crippen LogP contribution in [0, 0.1) is 0 Å². The number of carbonyl (C=O) groups excluding carboxylic acids is 1. The second kappa shape index (κ2) is 6.87. The van der Waals surface area contributed by atoms with E-state index in [0.717, 1.165) is 12.2 Å². The molecule has 0 bridgehead atoms. The Morgan fingerprint density at radius 2 is 2.14 bits per heavy atom. The van der Waals surface area contributed by atoms with Gasteiger partial charge in [-0.3, -0.25) is 0 Å². The van der Waals surface area contributed by atoms with E-state index in [-0.39, 0.29) is 18.7 Å². The van der Waals surface area contributed by atoms with Gasteiger partial charge in [-0.15, -0.1) is 0 Å². The highest BCUT2D eigenvalue weighted by atomic mass is 32.2. The zero-order chi connectivity index (χ0) is 15.5. The van der Waals surface area contributed by atoms with Crippen LogP contribution < -0.4 is 5.32 Å². The standard InChI is InChI=1S/C14H24N2O4S/c1-3-21-11-6-4-5-10(11)15-13(19)16-8-14(2,9-16)20-7-12(17)18/h10-11H,3-9H2,1-2H3,(H,15,19)(H,17,18). The lowest BCUT2D eigenvalue weighted by atomic mass is 9.97. The van der Waals surface area contributed by atoms with Gasteiger partial charge in [0.1, 0.15) is 12.2 Å². The van der Waals surface area contributed by atoms with Crippen molar-refractivity contribution in [2.45, 2.75) is 50.0 Å². The monoisotopic (exact) mass is 316 g/mol. The lowest BCUT2D eigenvalue weighted by Crippen LogP contribution is -2.66. The summed E-state index contributed by atoms with van der Waals surface area (Å²) in [7, 11) is 0. The molecule has 1 saturated heterocycles. The van der Waals surface area contributed by atoms with Crippen molar-refractivity contribution in [1.29, 1.82) is 0 Å². The number of carbonyl (C=O) groups is 2. The third-order valence-electron chi connectivity index (χ3n) is 4.02. The van der Waals surface area contributed by atoms with Gasteiger partial charge in [-0.1, -0.05) is 13.3 Å². The molecule has 7 heteroatoms. The first-order valence-corrected chi connectivity index (χ1v) is 8.51. The molecule has 2 amide bonds. The van der Waals surface area contributed by atoms with Gasteiger partial charge in [-0.25, -0.2) is 9.59 Å². The number of thioether (sulfide) groups is 1. The minimum atomic E-state index is -0.982. The Morgan fingerprint density at radius 3 is 2.76 bits per heavy atom. The minimum absolute atomic E-state index is 0.0556. The van der Waals surface area contributed by atoms with E-state index in [2.05, 4.69) is 12.2 Å². The van der Waals surface area contributed by atoms with Gasteiger partial charge in [0.2, 0.25) is 0 Å². The van der Waals surface area contributed by atoms with Crippen LogP contribution in [0.5, 0.6) is 0 Å². The molecule has 1 saturated carbocycles. The molecule has 1 aliphatic carbocycles. The fourth-order valence-electron chi connectivity index (χ4n) is 2.99. The predicted molar refractivity (Wildman–Crippen MR) is 81.7 cm³/mol. The van der Waals surface area contributed by atoms with E-state index in [1.807, 2.05) is 18.7 Å². The number of carboxylic acids is 1. The van der Waals surface area contributed by atoms with Gasteiger partial charge in [0.25, 0.3) is 0 Å². The van der Waals surface area contributed by atoms with Crippen molar-refractivity contribution in [2.24, 2.45) is 0 Å². The van der Waals surface area contributed by atoms with Crippen molar-refractivity contribution in [3.8, 4) is 0 Å². The molecule has 0 aromatic carbocycles. The first-order chi connectivity index (χ1) is 9.93. The molecule has 21 heavy (non-hydrogen) atoms. The maximum absolute atomic E-state index is 12.2. The summed E-state index contributed by atoms with van der Waals surface area (Å²) in [5.74, 6) is 0.0893. The molecule has 2 atom stereocenters. The van der Waals surface area contributed by atoms with Crippen LogP contribution in [0.3, 0.4) is 0 Å². The van der Waals surface area contributed by atoms with Crippen molar-refractivity contribution in [2.75, 3.05) is 25.4 Å². The maximum Gasteiger partial charge on any atom is 0.329 e. The van der Waals surface area contributed by atoms with Crippen molar-refractivity contribution in [1.82, 2.24) is 10.2 Å². The molecule has 2 aliphatic rings. The fourth-order valence-corrected chi connectivity index (χ4v) is 4.18. The van der Waals surface area contributed by atoms with Gasteiger partial charge in [-0.2, -0.15) is 11.8 Å². The largest absolute Gasteiger partial charge is 0.480 e. The Balaban J connectivity index is 1.74. The summed E-state index contributed by atoms with van der Waals surface area (Å²) in [4.78, 5) is 24.4. The number of aliphatic carboxylic acids is 1. The molecule has 1 aliphatic heterocycles. The second-order valence-electron chi connectivity index (χ2n) is 5.97. The van der Waals surface area contributed by atoms with Crippen LogP contribution in [-0.4, -0.2) is 64.3 Å². The number of hydrogen-bond acceptors (Lipinski definition) is 4. The van der Waals surface area contributed by atoms with E-state index in [0.29, 0.717) is 18.3 Å². The number of nitrogens with zero attached hydrogens (tertiary/aromatic N) is 1. The van der Waals surface area contributed by atoms with Crippen LogP contribution in [0.4, 0.5) is 4.79 Å². The number of urea groups is 1. The molecule has 0 aromatic heterocycles. The number of amides is 2. The predicted octanol–water partition coefficient (Wildman–Crippen LogP) is 1.55. The highest BCUT2D eigenvalue weighted by Crippen LogP contribution is 2.31. The summed E-state index contributed by atoms with van der Waals surface area (Å²) in [5.41, 5.74) is -0.525. The Kier molecular flexibility index (Phi) is 5.37. The summed E-state index contributed by atoms with van der Waals surface area (Å²) in [6.07, 6.45) is 3.38. The van der Waals surface area contributed by atoms with Crippen LogP contribution in [0.1, 0.15) is 33.1 Å². The number of nitrogens with one attached hydrogen (secondary N) is 1. The fraction of sp³-hybridized carbons (Fsp3) is 0.857. The number of carboxylic acid groups (broad SMARTS) is 1. The molecule has 2 N–H and O–H groups in total. The number of hydrogen-bond donors (Lipinski definition) is 2. The van der Waals surface area contributed by atoms with Crippen LogP contribution in [0.2, 0.25) is 0 Å². The molecule has 0 radical (unpaired) electrons. The molecule has 2 unspecified atom stereocenters. The van der Waals surface area contributed by atoms with Crippen LogP contribution >= 0.6 is 11.8 Å². The van der Waals surface area contributed by atoms with E-state index >= 15 is 0 Å². The van der Waals surface area contributed by atoms with E-state index in [1.54, 1.807) is 4.90 Å². The second-order valence-corrected chi connectivity index (χ2v) is 7.49. The SMILES string of the molecule is CCSC1CCCC1NC(=O)N1CC(C)(OCC(=O)O)C1. The van der Waals surface area contributed by atoms with Gasteiger partial charge in [0, 0.05) is 11.3 Å². The minimum Gasteiger partial charge on any atom is -0.480 e. The van der Waals surface area contributed by atoms with Gasteiger partial charge in [-0.05, 0) is 25.5 Å². The van der Waals surface area contributed by atoms with Crippen molar-refractivity contribution in [3.05, 3.63) is 0 Å². The van der Waals surface area contributed by atoms with Gasteiger partial charge < -0.3 is 20.1 Å². The number of rotatable bonds is 6. The normalized spacial score (nSPS) is 27.2. The third-order valence-corrected chi connectivity index (χ3v) is 5.35. The average molecular weight is 316 g/mol. The lowest BCUT2D eigenvalue weighted by molar-refractivity contribution is -0.159. The van der Waals surface area contributed by atoms with E-state index in [1.165, 1.54) is 12.8 Å². The highest BCUT2D eigenvalue weighted by molar-refractivity contribution is 7.99. The maximum atomic E-state index is 12.2. The van der Waals surface area contributed by atoms with Gasteiger partial charge in [0.05, 0.1) is 13.1 Å². The Morgan fingerprint density at radius 1 is 1.43 bits per heavy atom. The molecular weight excluding hydrogens is 292 g/mol. The molecule has 120 valence electrons. The summed E-state index contributed by atoms with van der Waals surface area (Å²) >= 11 is 1.91. The Hall–Kier alpha value is -0.950. The number of likely N-dealkylation sites (tertiary alicyclic amines) is 1. The first-order valence-electron chi connectivity index (χ1n) is 7.46. The molecule has 2 fully saturated rings. The highest BCUT2D eigenvalue weighted by Gasteiger charge is 2.43. The topological polar surface area (TPSA) is 78.9 Å². The van der Waals surface area contributed by atoms with E-state index in [9.17, 15) is 9.59 Å². The van der Waals surface area contributed by atoms with Crippen LogP contribution in [-0.2, 0) is 9.53 Å². The van der Waals surface area contributed by atoms with Gasteiger partial charge >= 0.3 is 12.0 Å². The van der Waals surface area contributed by atoms with Crippen molar-refractivity contribution < 1.29 is 19.4 Å². The number of ether oxygens (including phenoxy) is 1. The van der Waals surface area contributed by atoms with Crippen molar-refractivity contribution in [3.63, 3.8) is 0 Å². The van der Waals surface area contributed by atoms with E-state index in [4.69, 9.17) is 9.84 Å². The summed E-state index contributed by atoms with van der Waals surface area (Å²) < 4.78 is 5.31. The average Bonchev–Trinajstić information content (AvgIpc) is 2.81. The van der Waals surface area contributed by atoms with Gasteiger partial charge in [0.15, 0.2) is 0 Å². The molecule has 6 nitrogen and oxygen atoms in total. The lowest BCUT2D eigenvalue weighted by Gasteiger charge is -2.47. The Labute approximate surface area is 129 Å². The summed E-state index contributed by atoms with van der Waals surface area (Å²) in [6.45, 7) is 4.56. The molecule has 2 rings (SSSR count). The summed E-state index contributed by atoms with van der Waals surface area (Å²) in [5, 5.41) is 12.3. The molecule has 0 spiro atoms. The van der Waals surface area contributed by atoms with Crippen LogP contribution in [0.15, 0.2) is 0 Å². The zero-order valence-corrected chi connectivity index (χ0v) is 13.4. The first kappa shape index (κ1) is 16.4. The van der Waals surface area contributed by atoms with E-state index < -0.39 is 11.6 Å². The molecular formula is C14H24N2O4S. The molecule has 0 aromatic rings. The van der Waals surface area contributed by atoms with Crippen LogP contribution in [0.25, 0.3) is 0 Å². The molecule has 1 heterocycles.